The Bertz CT molecular complexity index is 2430. The van der Waals surface area contributed by atoms with Crippen molar-refractivity contribution in [2.24, 2.45) is 0 Å². The number of rotatable bonds is 3. The van der Waals surface area contributed by atoms with Gasteiger partial charge in [-0.05, 0) is 78.8 Å². The van der Waals surface area contributed by atoms with E-state index in [1.807, 2.05) is 0 Å². The zero-order chi connectivity index (χ0) is 27.6. The third-order valence-corrected chi connectivity index (χ3v) is 8.61. The maximum absolute atomic E-state index is 5.18. The molecule has 2 nitrogen and oxygen atoms in total. The summed E-state index contributed by atoms with van der Waals surface area (Å²) < 4.78 is 0. The largest absolute Gasteiger partial charge is 0.228 e. The molecule has 1 heterocycles. The quantitative estimate of drug-likeness (QED) is 0.212. The van der Waals surface area contributed by atoms with Crippen LogP contribution in [0.4, 0.5) is 0 Å². The average molecular weight is 533 g/mol. The van der Waals surface area contributed by atoms with Crippen molar-refractivity contribution >= 4 is 54.1 Å². The van der Waals surface area contributed by atoms with Gasteiger partial charge in [0.15, 0.2) is 5.82 Å². The summed E-state index contributed by atoms with van der Waals surface area (Å²) in [5.41, 5.74) is 7.85. The van der Waals surface area contributed by atoms with Crippen LogP contribution in [0, 0.1) is 0 Å². The van der Waals surface area contributed by atoms with Crippen LogP contribution in [0.3, 0.4) is 0 Å². The lowest BCUT2D eigenvalue weighted by Gasteiger charge is -2.18. The van der Waals surface area contributed by atoms with Crippen LogP contribution in [0.2, 0.25) is 0 Å². The molecular formula is C40H24N2. The molecule has 9 rings (SSSR count). The van der Waals surface area contributed by atoms with Crippen molar-refractivity contribution in [3.63, 3.8) is 0 Å². The Balaban J connectivity index is 1.37. The van der Waals surface area contributed by atoms with Gasteiger partial charge in [-0.3, -0.25) is 0 Å². The number of hydrogen-bond donors (Lipinski definition) is 0. The summed E-state index contributed by atoms with van der Waals surface area (Å²) >= 11 is 0. The normalized spacial score (nSPS) is 11.8. The molecule has 0 radical (unpaired) electrons. The summed E-state index contributed by atoms with van der Waals surface area (Å²) in [6, 6.07) is 52.1. The molecule has 0 saturated heterocycles. The Morgan fingerprint density at radius 1 is 0.333 bits per heavy atom. The molecule has 2 heteroatoms. The number of benzene rings is 8. The predicted octanol–water partition coefficient (Wildman–Crippen LogP) is 10.7. The molecule has 0 aliphatic heterocycles. The van der Waals surface area contributed by atoms with E-state index in [2.05, 4.69) is 146 Å². The molecule has 0 amide bonds. The highest BCUT2D eigenvalue weighted by atomic mass is 14.9. The number of aromatic nitrogens is 2. The zero-order valence-electron chi connectivity index (χ0n) is 22.8. The van der Waals surface area contributed by atoms with Crippen molar-refractivity contribution in [1.82, 2.24) is 9.97 Å². The van der Waals surface area contributed by atoms with Gasteiger partial charge >= 0.3 is 0 Å². The molecule has 0 unspecified atom stereocenters. The maximum atomic E-state index is 5.18. The fourth-order valence-corrected chi connectivity index (χ4v) is 6.64. The molecule has 194 valence electrons. The highest BCUT2D eigenvalue weighted by Crippen LogP contribution is 2.44. The van der Waals surface area contributed by atoms with Gasteiger partial charge < -0.3 is 0 Å². The van der Waals surface area contributed by atoms with E-state index in [0.29, 0.717) is 0 Å². The van der Waals surface area contributed by atoms with Crippen molar-refractivity contribution in [2.45, 2.75) is 0 Å². The molecule has 0 fully saturated rings. The smallest absolute Gasteiger partial charge is 0.161 e. The maximum Gasteiger partial charge on any atom is 0.161 e. The third-order valence-electron chi connectivity index (χ3n) is 8.61. The highest BCUT2D eigenvalue weighted by Gasteiger charge is 2.19. The SMILES string of the molecule is c1ccc(-c2cc(-c3ccc4ccccc4c3)c3ccc4nc(-c5cccc6ccccc56)nc5ccc2c3c54)cc1. The number of fused-ring (bicyclic) bond motifs is 2. The Labute approximate surface area is 242 Å². The van der Waals surface area contributed by atoms with Crippen LogP contribution in [-0.2, 0) is 0 Å². The molecule has 0 N–H and O–H groups in total. The van der Waals surface area contributed by atoms with Crippen molar-refractivity contribution in [1.29, 1.82) is 0 Å². The van der Waals surface area contributed by atoms with Crippen LogP contribution in [-0.4, -0.2) is 9.97 Å². The first-order valence-corrected chi connectivity index (χ1v) is 14.3. The molecule has 0 aliphatic rings. The van der Waals surface area contributed by atoms with Crippen LogP contribution < -0.4 is 0 Å². The summed E-state index contributed by atoms with van der Waals surface area (Å²) in [5, 5.41) is 9.63. The lowest BCUT2D eigenvalue weighted by molar-refractivity contribution is 1.27. The molecule has 9 aromatic rings. The van der Waals surface area contributed by atoms with E-state index in [1.54, 1.807) is 0 Å². The van der Waals surface area contributed by atoms with Crippen molar-refractivity contribution in [3.8, 4) is 33.6 Å². The molecule has 0 saturated carbocycles. The lowest BCUT2D eigenvalue weighted by Crippen LogP contribution is -1.96. The Hall–Kier alpha value is -5.60. The molecule has 0 bridgehead atoms. The monoisotopic (exact) mass is 532 g/mol. The zero-order valence-corrected chi connectivity index (χ0v) is 22.8. The topological polar surface area (TPSA) is 25.8 Å². The van der Waals surface area contributed by atoms with E-state index >= 15 is 0 Å². The second-order valence-electron chi connectivity index (χ2n) is 11.0. The van der Waals surface area contributed by atoms with Gasteiger partial charge in [0, 0.05) is 16.3 Å². The fourth-order valence-electron chi connectivity index (χ4n) is 6.64. The standard InChI is InChI=1S/C40H24N2/c1-2-10-27(11-3-1)34-24-35(29-18-17-25-9-4-5-13-28(25)23-29)32-20-22-37-39-36(21-19-31(34)38(32)39)41-40(42-37)33-16-8-14-26-12-6-7-15-30(26)33/h1-24H. The van der Waals surface area contributed by atoms with Gasteiger partial charge in [-0.15, -0.1) is 0 Å². The van der Waals surface area contributed by atoms with Gasteiger partial charge in [-0.1, -0.05) is 121 Å². The first-order valence-electron chi connectivity index (χ1n) is 14.3. The second-order valence-corrected chi connectivity index (χ2v) is 11.0. The van der Waals surface area contributed by atoms with Gasteiger partial charge in [0.2, 0.25) is 0 Å². The van der Waals surface area contributed by atoms with E-state index < -0.39 is 0 Å². The van der Waals surface area contributed by atoms with E-state index in [-0.39, 0.29) is 0 Å². The van der Waals surface area contributed by atoms with Gasteiger partial charge in [-0.25, -0.2) is 9.97 Å². The second kappa shape index (κ2) is 8.95. The first-order chi connectivity index (χ1) is 20.8. The van der Waals surface area contributed by atoms with E-state index in [1.165, 1.54) is 54.6 Å². The minimum Gasteiger partial charge on any atom is -0.228 e. The Morgan fingerprint density at radius 3 is 1.76 bits per heavy atom. The van der Waals surface area contributed by atoms with Gasteiger partial charge in [0.25, 0.3) is 0 Å². The van der Waals surface area contributed by atoms with Crippen molar-refractivity contribution in [3.05, 3.63) is 146 Å². The molecule has 1 aromatic heterocycles. The summed E-state index contributed by atoms with van der Waals surface area (Å²) in [4.78, 5) is 10.4. The summed E-state index contributed by atoms with van der Waals surface area (Å²) in [5.74, 6) is 0.760. The minimum atomic E-state index is 0.760. The summed E-state index contributed by atoms with van der Waals surface area (Å²) in [7, 11) is 0. The van der Waals surface area contributed by atoms with Crippen LogP contribution >= 0.6 is 0 Å². The summed E-state index contributed by atoms with van der Waals surface area (Å²) in [6.07, 6.45) is 0. The molecule has 8 aromatic carbocycles. The number of nitrogens with zero attached hydrogens (tertiary/aromatic N) is 2. The van der Waals surface area contributed by atoms with Crippen molar-refractivity contribution in [2.75, 3.05) is 0 Å². The summed E-state index contributed by atoms with van der Waals surface area (Å²) in [6.45, 7) is 0. The van der Waals surface area contributed by atoms with Gasteiger partial charge in [0.1, 0.15) is 0 Å². The van der Waals surface area contributed by atoms with Crippen LogP contribution in [0.15, 0.2) is 146 Å². The molecule has 0 atom stereocenters. The lowest BCUT2D eigenvalue weighted by atomic mass is 9.86. The van der Waals surface area contributed by atoms with E-state index in [4.69, 9.17) is 9.97 Å². The van der Waals surface area contributed by atoms with Crippen molar-refractivity contribution < 1.29 is 0 Å². The highest BCUT2D eigenvalue weighted by molar-refractivity contribution is 6.27. The predicted molar refractivity (Wildman–Crippen MR) is 177 cm³/mol. The molecule has 0 spiro atoms. The Morgan fingerprint density at radius 2 is 0.976 bits per heavy atom. The van der Waals surface area contributed by atoms with Gasteiger partial charge in [0.05, 0.1) is 11.0 Å². The molecule has 42 heavy (non-hydrogen) atoms. The molecular weight excluding hydrogens is 508 g/mol. The van der Waals surface area contributed by atoms with E-state index in [9.17, 15) is 0 Å². The third kappa shape index (κ3) is 3.45. The van der Waals surface area contributed by atoms with Crippen LogP contribution in [0.1, 0.15) is 0 Å². The van der Waals surface area contributed by atoms with Crippen LogP contribution in [0.5, 0.6) is 0 Å². The van der Waals surface area contributed by atoms with E-state index in [0.717, 1.165) is 33.2 Å². The van der Waals surface area contributed by atoms with Crippen LogP contribution in [0.25, 0.3) is 87.8 Å². The number of hydrogen-bond acceptors (Lipinski definition) is 2. The van der Waals surface area contributed by atoms with Gasteiger partial charge in [-0.2, -0.15) is 0 Å². The average Bonchev–Trinajstić information content (AvgIpc) is 3.06. The first kappa shape index (κ1) is 23.1. The fraction of sp³-hybridized carbons (Fsp3) is 0. The molecule has 0 aliphatic carbocycles. The Kier molecular flexibility index (Phi) is 4.93. The minimum absolute atomic E-state index is 0.760.